The van der Waals surface area contributed by atoms with E-state index in [0.717, 1.165) is 44.6 Å². The number of hydrogen-bond acceptors (Lipinski definition) is 5. The molecule has 4 saturated carbocycles. The number of ether oxygens (including phenoxy) is 3. The third-order valence-electron chi connectivity index (χ3n) is 11.5. The predicted molar refractivity (Wildman–Crippen MR) is 142 cm³/mol. The van der Waals surface area contributed by atoms with Crippen LogP contribution in [0.1, 0.15) is 65.6 Å². The molecule has 38 heavy (non-hydrogen) atoms. The number of aromatic carboxylic acids is 1. The van der Waals surface area contributed by atoms with Gasteiger partial charge in [-0.25, -0.2) is 4.79 Å². The summed E-state index contributed by atoms with van der Waals surface area (Å²) in [5, 5.41) is 10.1. The van der Waals surface area contributed by atoms with Gasteiger partial charge in [0.2, 0.25) is 0 Å². The van der Waals surface area contributed by atoms with Gasteiger partial charge >= 0.3 is 5.97 Å². The number of carboxylic acid groups (broad SMARTS) is 1. The minimum Gasteiger partial charge on any atom is -0.485 e. The molecular weight excluding hydrogens is 478 g/mol. The van der Waals surface area contributed by atoms with Crippen LogP contribution in [0.4, 0.5) is 0 Å². The first kappa shape index (κ1) is 23.5. The Labute approximate surface area is 224 Å². The second kappa shape index (κ2) is 8.06. The molecule has 6 nitrogen and oxygen atoms in total. The number of likely N-dealkylation sites (tertiary alicyclic amines) is 1. The van der Waals surface area contributed by atoms with Crippen LogP contribution in [0.2, 0.25) is 0 Å². The Bertz CT molecular complexity index is 1290. The second-order valence-corrected chi connectivity index (χ2v) is 12.9. The van der Waals surface area contributed by atoms with Crippen LogP contribution >= 0.6 is 0 Å². The lowest BCUT2D eigenvalue weighted by atomic mass is 9.35. The highest BCUT2D eigenvalue weighted by Crippen LogP contribution is 2.76. The SMILES string of the molecule is COC12CCC3(C[C@@H]1COCc1ccccc1)[C@H]1Cc4ccc(C(=O)O)c5c4C3(CCN1CC1CC1)[C@H]2O5. The van der Waals surface area contributed by atoms with E-state index in [0.29, 0.717) is 30.6 Å². The molecule has 2 aromatic rings. The predicted octanol–water partition coefficient (Wildman–Crippen LogP) is 4.83. The molecule has 2 aromatic carbocycles. The van der Waals surface area contributed by atoms with Gasteiger partial charge in [0.25, 0.3) is 0 Å². The van der Waals surface area contributed by atoms with Crippen LogP contribution in [-0.2, 0) is 27.9 Å². The average Bonchev–Trinajstić information content (AvgIpc) is 3.67. The average molecular weight is 516 g/mol. The van der Waals surface area contributed by atoms with Crippen LogP contribution in [0.15, 0.2) is 42.5 Å². The number of methoxy groups -OCH3 is 1. The molecule has 6 atom stereocenters. The van der Waals surface area contributed by atoms with E-state index >= 15 is 0 Å². The molecule has 6 heteroatoms. The summed E-state index contributed by atoms with van der Waals surface area (Å²) in [5.41, 5.74) is 3.40. The minimum absolute atomic E-state index is 0.0568. The van der Waals surface area contributed by atoms with Crippen molar-refractivity contribution in [2.45, 2.75) is 74.7 Å². The standard InChI is InChI=1S/C32H37NO5/c1-36-32-12-11-30(16-23(32)19-37-18-21-5-3-2-4-6-21)25-15-22-9-10-24(28(34)35)27-26(22)31(30,29(32)38-27)13-14-33(25)17-20-7-8-20/h2-6,9-10,20,23,25,29H,7-8,11-19H2,1H3,(H,34,35)/t23-,25-,29-,30?,31?,32?/m1/s1. The minimum atomic E-state index is -0.901. The second-order valence-electron chi connectivity index (χ2n) is 12.9. The van der Waals surface area contributed by atoms with E-state index in [9.17, 15) is 9.90 Å². The van der Waals surface area contributed by atoms with E-state index < -0.39 is 11.6 Å². The van der Waals surface area contributed by atoms with Crippen LogP contribution in [0, 0.1) is 17.3 Å². The van der Waals surface area contributed by atoms with Crippen molar-refractivity contribution in [1.29, 1.82) is 0 Å². The highest BCUT2D eigenvalue weighted by molar-refractivity contribution is 5.92. The Hall–Kier alpha value is -2.41. The van der Waals surface area contributed by atoms with E-state index in [-0.39, 0.29) is 22.9 Å². The number of carbonyl (C=O) groups is 1. The Morgan fingerprint density at radius 1 is 1.13 bits per heavy atom. The summed E-state index contributed by atoms with van der Waals surface area (Å²) < 4.78 is 19.9. The van der Waals surface area contributed by atoms with Gasteiger partial charge in [0.1, 0.15) is 23.0 Å². The topological polar surface area (TPSA) is 68.2 Å². The number of carboxylic acids is 1. The van der Waals surface area contributed by atoms with Gasteiger partial charge in [-0.3, -0.25) is 4.90 Å². The van der Waals surface area contributed by atoms with Gasteiger partial charge in [0.05, 0.1) is 13.2 Å². The lowest BCUT2D eigenvalue weighted by Gasteiger charge is -2.74. The maximum atomic E-state index is 12.4. The first-order valence-corrected chi connectivity index (χ1v) is 14.5. The van der Waals surface area contributed by atoms with Gasteiger partial charge < -0.3 is 19.3 Å². The molecule has 9 rings (SSSR count). The smallest absolute Gasteiger partial charge is 0.339 e. The molecule has 200 valence electrons. The molecule has 5 aliphatic carbocycles. The van der Waals surface area contributed by atoms with E-state index in [1.807, 2.05) is 13.2 Å². The summed E-state index contributed by atoms with van der Waals surface area (Å²) in [5.74, 6) is 0.780. The van der Waals surface area contributed by atoms with Crippen molar-refractivity contribution < 1.29 is 24.1 Å². The Morgan fingerprint density at radius 2 is 1.97 bits per heavy atom. The first-order valence-electron chi connectivity index (χ1n) is 14.5. The Morgan fingerprint density at radius 3 is 2.74 bits per heavy atom. The zero-order chi connectivity index (χ0) is 25.7. The van der Waals surface area contributed by atoms with Crippen LogP contribution in [0.3, 0.4) is 0 Å². The van der Waals surface area contributed by atoms with Crippen LogP contribution in [0.5, 0.6) is 5.75 Å². The fraction of sp³-hybridized carbons (Fsp3) is 0.594. The summed E-state index contributed by atoms with van der Waals surface area (Å²) in [7, 11) is 1.84. The van der Waals surface area contributed by atoms with Crippen molar-refractivity contribution in [3.63, 3.8) is 0 Å². The molecule has 7 aliphatic rings. The number of fused-ring (bicyclic) bond motifs is 2. The highest BCUT2D eigenvalue weighted by Gasteiger charge is 2.80. The third kappa shape index (κ3) is 2.87. The molecule has 2 heterocycles. The summed E-state index contributed by atoms with van der Waals surface area (Å²) in [4.78, 5) is 15.2. The fourth-order valence-electron chi connectivity index (χ4n) is 9.82. The fourth-order valence-corrected chi connectivity index (χ4v) is 9.82. The third-order valence-corrected chi connectivity index (χ3v) is 11.5. The van der Waals surface area contributed by atoms with Gasteiger partial charge in [0.15, 0.2) is 0 Å². The zero-order valence-electron chi connectivity index (χ0n) is 22.2. The lowest BCUT2D eigenvalue weighted by molar-refractivity contribution is -0.283. The van der Waals surface area contributed by atoms with Crippen LogP contribution in [-0.4, -0.2) is 60.5 Å². The van der Waals surface area contributed by atoms with Crippen molar-refractivity contribution in [2.24, 2.45) is 17.3 Å². The highest BCUT2D eigenvalue weighted by atomic mass is 16.6. The number of piperidine rings is 1. The largest absolute Gasteiger partial charge is 0.485 e. The zero-order valence-corrected chi connectivity index (χ0v) is 22.2. The Kier molecular flexibility index (Phi) is 4.98. The molecule has 0 radical (unpaired) electrons. The Balaban J connectivity index is 1.24. The van der Waals surface area contributed by atoms with Crippen molar-refractivity contribution >= 4 is 5.97 Å². The van der Waals surface area contributed by atoms with Crippen molar-refractivity contribution in [3.8, 4) is 5.75 Å². The molecule has 1 saturated heterocycles. The molecule has 5 fully saturated rings. The van der Waals surface area contributed by atoms with E-state index in [4.69, 9.17) is 14.2 Å². The number of nitrogens with zero attached hydrogens (tertiary/aromatic N) is 1. The molecule has 3 unspecified atom stereocenters. The summed E-state index contributed by atoms with van der Waals surface area (Å²) in [6.45, 7) is 3.48. The molecule has 2 spiro atoms. The number of benzene rings is 2. The van der Waals surface area contributed by atoms with Gasteiger partial charge in [-0.1, -0.05) is 36.4 Å². The normalized spacial score (nSPS) is 38.1. The van der Waals surface area contributed by atoms with E-state index in [2.05, 4.69) is 35.2 Å². The van der Waals surface area contributed by atoms with Crippen molar-refractivity contribution in [1.82, 2.24) is 4.90 Å². The van der Waals surface area contributed by atoms with E-state index in [1.165, 1.54) is 36.1 Å². The van der Waals surface area contributed by atoms with Crippen LogP contribution in [0.25, 0.3) is 0 Å². The first-order chi connectivity index (χ1) is 18.5. The van der Waals surface area contributed by atoms with Gasteiger partial charge in [-0.2, -0.15) is 0 Å². The molecule has 4 bridgehead atoms. The maximum Gasteiger partial charge on any atom is 0.339 e. The molecule has 0 aromatic heterocycles. The van der Waals surface area contributed by atoms with Crippen molar-refractivity contribution in [3.05, 3.63) is 64.7 Å². The molecule has 2 aliphatic heterocycles. The van der Waals surface area contributed by atoms with E-state index in [1.54, 1.807) is 6.07 Å². The molecule has 0 amide bonds. The van der Waals surface area contributed by atoms with Gasteiger partial charge in [0, 0.05) is 42.0 Å². The molecular formula is C32H37NO5. The number of rotatable bonds is 8. The quantitative estimate of drug-likeness (QED) is 0.544. The van der Waals surface area contributed by atoms with Gasteiger partial charge in [-0.15, -0.1) is 0 Å². The summed E-state index contributed by atoms with van der Waals surface area (Å²) in [6.07, 6.45) is 7.66. The lowest BCUT2D eigenvalue weighted by Crippen LogP contribution is -2.81. The van der Waals surface area contributed by atoms with Crippen LogP contribution < -0.4 is 4.74 Å². The number of hydrogen-bond donors (Lipinski definition) is 1. The summed E-state index contributed by atoms with van der Waals surface area (Å²) in [6, 6.07) is 14.7. The van der Waals surface area contributed by atoms with Crippen molar-refractivity contribution in [2.75, 3.05) is 26.8 Å². The monoisotopic (exact) mass is 515 g/mol. The maximum absolute atomic E-state index is 12.4. The molecule has 1 N–H and O–H groups in total. The summed E-state index contributed by atoms with van der Waals surface area (Å²) >= 11 is 0. The van der Waals surface area contributed by atoms with Gasteiger partial charge in [-0.05, 0) is 74.6 Å².